The lowest BCUT2D eigenvalue weighted by atomic mass is 9.93. The fourth-order valence-corrected chi connectivity index (χ4v) is 2.72. The van der Waals surface area contributed by atoms with Crippen LogP contribution in [0.25, 0.3) is 21.5 Å². The van der Waals surface area contributed by atoms with Crippen molar-refractivity contribution in [2.45, 2.75) is 12.5 Å². The Morgan fingerprint density at radius 3 is 2.15 bits per heavy atom. The zero-order valence-corrected chi connectivity index (χ0v) is 12.1. The summed E-state index contributed by atoms with van der Waals surface area (Å²) in [4.78, 5) is 0. The van der Waals surface area contributed by atoms with Crippen LogP contribution in [0.4, 0.5) is 0 Å². The van der Waals surface area contributed by atoms with Gasteiger partial charge in [-0.15, -0.1) is 12.4 Å². The first kappa shape index (κ1) is 14.8. The monoisotopic (exact) mass is 286 g/mol. The summed E-state index contributed by atoms with van der Waals surface area (Å²) in [5, 5.41) is 5.02. The van der Waals surface area contributed by atoms with Gasteiger partial charge in [-0.1, -0.05) is 48.5 Å². The van der Waals surface area contributed by atoms with Crippen LogP contribution in [0.2, 0.25) is 0 Å². The summed E-state index contributed by atoms with van der Waals surface area (Å²) in [6.45, 7) is 0.613. The van der Waals surface area contributed by atoms with Crippen molar-refractivity contribution in [2.24, 2.45) is 11.5 Å². The maximum absolute atomic E-state index is 6.28. The standard InChI is InChI=1S/C17H18N2.ClH/c18-10-9-17(19)16-11-12-5-1-2-6-13(12)14-7-3-4-8-15(14)16;/h1-8,11,17H,9-10,18-19H2;1H/t17-;/m1./s1. The molecule has 3 heteroatoms. The van der Waals surface area contributed by atoms with Gasteiger partial charge in [0.1, 0.15) is 0 Å². The smallest absolute Gasteiger partial charge is 0.0313 e. The highest BCUT2D eigenvalue weighted by molar-refractivity contribution is 6.09. The Morgan fingerprint density at radius 2 is 1.45 bits per heavy atom. The predicted molar refractivity (Wildman–Crippen MR) is 89.3 cm³/mol. The third kappa shape index (κ3) is 2.50. The molecule has 2 nitrogen and oxygen atoms in total. The average Bonchev–Trinajstić information content (AvgIpc) is 2.46. The molecule has 0 spiro atoms. The fourth-order valence-electron chi connectivity index (χ4n) is 2.72. The Kier molecular flexibility index (Phi) is 4.61. The lowest BCUT2D eigenvalue weighted by molar-refractivity contribution is 0.666. The predicted octanol–water partition coefficient (Wildman–Crippen LogP) is 3.76. The Balaban J connectivity index is 0.00000147. The van der Waals surface area contributed by atoms with E-state index in [9.17, 15) is 0 Å². The van der Waals surface area contributed by atoms with Gasteiger partial charge in [-0.25, -0.2) is 0 Å². The normalized spacial score (nSPS) is 12.3. The van der Waals surface area contributed by atoms with Gasteiger partial charge in [0.2, 0.25) is 0 Å². The molecule has 3 aromatic rings. The van der Waals surface area contributed by atoms with E-state index in [-0.39, 0.29) is 18.4 Å². The first-order valence-electron chi connectivity index (χ1n) is 6.67. The van der Waals surface area contributed by atoms with E-state index in [1.54, 1.807) is 0 Å². The lowest BCUT2D eigenvalue weighted by Gasteiger charge is -2.16. The van der Waals surface area contributed by atoms with Crippen molar-refractivity contribution in [3.05, 3.63) is 60.2 Å². The van der Waals surface area contributed by atoms with Gasteiger partial charge in [0, 0.05) is 6.04 Å². The van der Waals surface area contributed by atoms with Crippen molar-refractivity contribution in [3.8, 4) is 0 Å². The molecule has 3 rings (SSSR count). The topological polar surface area (TPSA) is 52.0 Å². The molecule has 0 aromatic heterocycles. The van der Waals surface area contributed by atoms with Gasteiger partial charge in [-0.05, 0) is 46.1 Å². The van der Waals surface area contributed by atoms with E-state index in [2.05, 4.69) is 54.6 Å². The van der Waals surface area contributed by atoms with Crippen molar-refractivity contribution >= 4 is 34.0 Å². The molecule has 0 heterocycles. The van der Waals surface area contributed by atoms with Crippen LogP contribution in [0.3, 0.4) is 0 Å². The second-order valence-electron chi connectivity index (χ2n) is 4.92. The molecular formula is C17H19ClN2. The maximum atomic E-state index is 6.28. The van der Waals surface area contributed by atoms with Crippen molar-refractivity contribution in [3.63, 3.8) is 0 Å². The van der Waals surface area contributed by atoms with Crippen molar-refractivity contribution < 1.29 is 0 Å². The molecule has 0 saturated carbocycles. The van der Waals surface area contributed by atoms with Crippen LogP contribution in [0, 0.1) is 0 Å². The van der Waals surface area contributed by atoms with Crippen LogP contribution in [-0.2, 0) is 0 Å². The van der Waals surface area contributed by atoms with Crippen LogP contribution in [-0.4, -0.2) is 6.54 Å². The van der Waals surface area contributed by atoms with E-state index in [0.717, 1.165) is 6.42 Å². The molecule has 0 radical (unpaired) electrons. The Bertz CT molecular complexity index is 724. The number of halogens is 1. The molecule has 0 aliphatic rings. The van der Waals surface area contributed by atoms with Crippen molar-refractivity contribution in [2.75, 3.05) is 6.54 Å². The van der Waals surface area contributed by atoms with E-state index in [0.29, 0.717) is 6.54 Å². The highest BCUT2D eigenvalue weighted by Gasteiger charge is 2.11. The Labute approximate surface area is 125 Å². The molecular weight excluding hydrogens is 268 g/mol. The summed E-state index contributed by atoms with van der Waals surface area (Å²) >= 11 is 0. The van der Waals surface area contributed by atoms with Crippen LogP contribution < -0.4 is 11.5 Å². The summed E-state index contributed by atoms with van der Waals surface area (Å²) in [7, 11) is 0. The number of fused-ring (bicyclic) bond motifs is 3. The van der Waals surface area contributed by atoms with Crippen molar-refractivity contribution in [1.82, 2.24) is 0 Å². The van der Waals surface area contributed by atoms with Gasteiger partial charge in [0.05, 0.1) is 0 Å². The minimum Gasteiger partial charge on any atom is -0.330 e. The minimum absolute atomic E-state index is 0. The van der Waals surface area contributed by atoms with Gasteiger partial charge in [0.15, 0.2) is 0 Å². The summed E-state index contributed by atoms with van der Waals surface area (Å²) < 4.78 is 0. The van der Waals surface area contributed by atoms with Crippen LogP contribution in [0.1, 0.15) is 18.0 Å². The van der Waals surface area contributed by atoms with E-state index < -0.39 is 0 Å². The largest absolute Gasteiger partial charge is 0.330 e. The molecule has 0 unspecified atom stereocenters. The third-order valence-electron chi connectivity index (χ3n) is 3.68. The molecule has 4 N–H and O–H groups in total. The van der Waals surface area contributed by atoms with Gasteiger partial charge in [-0.2, -0.15) is 0 Å². The zero-order valence-electron chi connectivity index (χ0n) is 11.3. The van der Waals surface area contributed by atoms with Gasteiger partial charge in [-0.3, -0.25) is 0 Å². The highest BCUT2D eigenvalue weighted by Crippen LogP contribution is 2.31. The lowest BCUT2D eigenvalue weighted by Crippen LogP contribution is -2.15. The van der Waals surface area contributed by atoms with Crippen LogP contribution in [0.5, 0.6) is 0 Å². The molecule has 1 atom stereocenters. The molecule has 20 heavy (non-hydrogen) atoms. The first-order chi connectivity index (χ1) is 9.31. The summed E-state index contributed by atoms with van der Waals surface area (Å²) in [5.41, 5.74) is 13.1. The molecule has 0 bridgehead atoms. The van der Waals surface area contributed by atoms with Gasteiger partial charge < -0.3 is 11.5 Å². The van der Waals surface area contributed by atoms with E-state index in [4.69, 9.17) is 11.5 Å². The molecule has 0 aliphatic heterocycles. The number of nitrogens with two attached hydrogens (primary N) is 2. The van der Waals surface area contributed by atoms with E-state index in [1.165, 1.54) is 27.1 Å². The van der Waals surface area contributed by atoms with Crippen LogP contribution >= 0.6 is 12.4 Å². The number of rotatable bonds is 3. The van der Waals surface area contributed by atoms with Gasteiger partial charge in [0.25, 0.3) is 0 Å². The fraction of sp³-hybridized carbons (Fsp3) is 0.176. The molecule has 0 aliphatic carbocycles. The average molecular weight is 287 g/mol. The molecule has 0 amide bonds. The zero-order chi connectivity index (χ0) is 13.2. The van der Waals surface area contributed by atoms with Gasteiger partial charge >= 0.3 is 0 Å². The molecule has 0 saturated heterocycles. The van der Waals surface area contributed by atoms with Crippen LogP contribution in [0.15, 0.2) is 54.6 Å². The quantitative estimate of drug-likeness (QED) is 0.720. The summed E-state index contributed by atoms with van der Waals surface area (Å²) in [5.74, 6) is 0. The number of hydrogen-bond donors (Lipinski definition) is 2. The molecule has 3 aromatic carbocycles. The highest BCUT2D eigenvalue weighted by atomic mass is 35.5. The third-order valence-corrected chi connectivity index (χ3v) is 3.68. The Morgan fingerprint density at radius 1 is 0.850 bits per heavy atom. The second-order valence-corrected chi connectivity index (χ2v) is 4.92. The SMILES string of the molecule is Cl.NCC[C@@H](N)c1cc2ccccc2c2ccccc12. The number of benzene rings is 3. The Hall–Kier alpha value is -1.61. The summed E-state index contributed by atoms with van der Waals surface area (Å²) in [6, 6.07) is 19.1. The first-order valence-corrected chi connectivity index (χ1v) is 6.67. The minimum atomic E-state index is -0.000457. The van der Waals surface area contributed by atoms with E-state index >= 15 is 0 Å². The number of hydrogen-bond acceptors (Lipinski definition) is 2. The van der Waals surface area contributed by atoms with E-state index in [1.807, 2.05) is 0 Å². The molecule has 0 fully saturated rings. The summed E-state index contributed by atoms with van der Waals surface area (Å²) in [6.07, 6.45) is 0.808. The molecule has 104 valence electrons. The second kappa shape index (κ2) is 6.23. The van der Waals surface area contributed by atoms with Crippen molar-refractivity contribution in [1.29, 1.82) is 0 Å². The maximum Gasteiger partial charge on any atom is 0.0313 e.